The van der Waals surface area contributed by atoms with Crippen LogP contribution in [0, 0.1) is 0 Å². The summed E-state index contributed by atoms with van der Waals surface area (Å²) in [7, 11) is 0. The van der Waals surface area contributed by atoms with E-state index in [4.69, 9.17) is 0 Å². The second kappa shape index (κ2) is 26.4. The van der Waals surface area contributed by atoms with Gasteiger partial charge in [0.2, 0.25) is 5.91 Å². The van der Waals surface area contributed by atoms with Crippen molar-refractivity contribution in [2.24, 2.45) is 0 Å². The van der Waals surface area contributed by atoms with Crippen molar-refractivity contribution in [2.45, 2.75) is 81.1 Å². The van der Waals surface area contributed by atoms with E-state index in [1.165, 1.54) is 12.5 Å². The molecule has 32 heavy (non-hydrogen) atoms. The van der Waals surface area contributed by atoms with Crippen LogP contribution in [0.4, 0.5) is 0 Å². The molecule has 2 aromatic carbocycles. The molecule has 0 aliphatic carbocycles. The molecule has 4 nitrogen and oxygen atoms in total. The first-order valence-electron chi connectivity index (χ1n) is 12.3. The molecule has 2 aromatic rings. The minimum atomic E-state index is -0.0570. The summed E-state index contributed by atoms with van der Waals surface area (Å²) in [4.78, 5) is 23.2. The Kier molecular flexibility index (Phi) is 28.1. The average molecular weight is 445 g/mol. The fourth-order valence-corrected chi connectivity index (χ4v) is 2.63. The molecule has 2 amide bonds. The lowest BCUT2D eigenvalue weighted by Crippen LogP contribution is -2.29. The van der Waals surface area contributed by atoms with Crippen LogP contribution in [0.3, 0.4) is 0 Å². The zero-order valence-electron chi connectivity index (χ0n) is 22.0. The first kappa shape index (κ1) is 34.0. The van der Waals surface area contributed by atoms with Gasteiger partial charge in [0.1, 0.15) is 0 Å². The highest BCUT2D eigenvalue weighted by Gasteiger charge is 2.13. The summed E-state index contributed by atoms with van der Waals surface area (Å²) < 4.78 is 0. The van der Waals surface area contributed by atoms with Gasteiger partial charge in [0.15, 0.2) is 0 Å². The molecule has 0 fully saturated rings. The van der Waals surface area contributed by atoms with Crippen LogP contribution in [0.25, 0.3) is 0 Å². The Morgan fingerprint density at radius 1 is 0.719 bits per heavy atom. The van der Waals surface area contributed by atoms with Crippen molar-refractivity contribution in [3.63, 3.8) is 0 Å². The summed E-state index contributed by atoms with van der Waals surface area (Å²) in [5, 5.41) is 5.84. The third kappa shape index (κ3) is 17.1. The minimum Gasteiger partial charge on any atom is -0.356 e. The number of benzene rings is 2. The second-order valence-corrected chi connectivity index (χ2v) is 5.81. The van der Waals surface area contributed by atoms with Crippen molar-refractivity contribution in [3.8, 4) is 0 Å². The number of nitrogens with one attached hydrogen (secondary N) is 2. The summed E-state index contributed by atoms with van der Waals surface area (Å²) in [6.45, 7) is 18.8. The highest BCUT2D eigenvalue weighted by Crippen LogP contribution is 2.20. The maximum atomic E-state index is 12.2. The molecule has 2 N–H and O–H groups in total. The molecule has 0 spiro atoms. The van der Waals surface area contributed by atoms with Crippen LogP contribution in [0.2, 0.25) is 0 Å². The third-order valence-electron chi connectivity index (χ3n) is 3.92. The highest BCUT2D eigenvalue weighted by atomic mass is 16.2. The maximum absolute atomic E-state index is 12.2. The zero-order valence-corrected chi connectivity index (χ0v) is 22.0. The number of hydrogen-bond acceptors (Lipinski definition) is 2. The van der Waals surface area contributed by atoms with E-state index in [-0.39, 0.29) is 17.7 Å². The molecule has 0 aliphatic heterocycles. The van der Waals surface area contributed by atoms with Gasteiger partial charge in [-0.15, -0.1) is 0 Å². The number of carbonyl (C=O) groups is 2. The first-order valence-corrected chi connectivity index (χ1v) is 12.3. The summed E-state index contributed by atoms with van der Waals surface area (Å²) in [6.07, 6.45) is 1.78. The van der Waals surface area contributed by atoms with Gasteiger partial charge in [-0.1, -0.05) is 104 Å². The van der Waals surface area contributed by atoms with Gasteiger partial charge >= 0.3 is 0 Å². The largest absolute Gasteiger partial charge is 0.356 e. The van der Waals surface area contributed by atoms with Crippen molar-refractivity contribution < 1.29 is 9.59 Å². The van der Waals surface area contributed by atoms with Crippen molar-refractivity contribution in [2.75, 3.05) is 13.1 Å². The molecule has 1 unspecified atom stereocenters. The average Bonchev–Trinajstić information content (AvgIpc) is 2.89. The topological polar surface area (TPSA) is 58.2 Å². The van der Waals surface area contributed by atoms with Crippen molar-refractivity contribution in [1.29, 1.82) is 0 Å². The number of carbonyl (C=O) groups excluding carboxylic acids is 2. The molecule has 2 rings (SSSR count). The summed E-state index contributed by atoms with van der Waals surface area (Å²) in [5.41, 5.74) is 1.87. The van der Waals surface area contributed by atoms with Crippen LogP contribution in [0.1, 0.15) is 97.0 Å². The summed E-state index contributed by atoms with van der Waals surface area (Å²) in [6, 6.07) is 19.4. The lowest BCUT2D eigenvalue weighted by Gasteiger charge is -2.18. The number of rotatable bonds is 8. The van der Waals surface area contributed by atoms with Gasteiger partial charge in [-0.05, 0) is 30.5 Å². The monoisotopic (exact) mass is 444 g/mol. The van der Waals surface area contributed by atoms with Gasteiger partial charge in [-0.2, -0.15) is 0 Å². The van der Waals surface area contributed by atoms with Gasteiger partial charge in [-0.3, -0.25) is 9.59 Å². The lowest BCUT2D eigenvalue weighted by atomic mass is 9.94. The van der Waals surface area contributed by atoms with Crippen molar-refractivity contribution in [1.82, 2.24) is 10.6 Å². The predicted octanol–water partition coefficient (Wildman–Crippen LogP) is 7.22. The Bertz CT molecular complexity index is 643. The van der Waals surface area contributed by atoms with E-state index in [1.54, 1.807) is 0 Å². The number of hydrogen-bond donors (Lipinski definition) is 2. The van der Waals surface area contributed by atoms with E-state index < -0.39 is 0 Å². The molecule has 0 bridgehead atoms. The fraction of sp³-hybridized carbons (Fsp3) is 0.500. The Hall–Kier alpha value is -2.62. The number of amides is 2. The molecule has 0 heterocycles. The van der Waals surface area contributed by atoms with Crippen molar-refractivity contribution in [3.05, 3.63) is 71.8 Å². The van der Waals surface area contributed by atoms with Gasteiger partial charge in [0.05, 0.1) is 0 Å². The quantitative estimate of drug-likeness (QED) is 0.422. The van der Waals surface area contributed by atoms with E-state index >= 15 is 0 Å². The van der Waals surface area contributed by atoms with E-state index in [9.17, 15) is 9.59 Å². The smallest absolute Gasteiger partial charge is 0.251 e. The predicted molar refractivity (Wildman–Crippen MR) is 141 cm³/mol. The van der Waals surface area contributed by atoms with E-state index in [2.05, 4.69) is 22.8 Å². The summed E-state index contributed by atoms with van der Waals surface area (Å²) in [5.74, 6) is 0.162. The van der Waals surface area contributed by atoms with Crippen LogP contribution in [-0.2, 0) is 4.79 Å². The van der Waals surface area contributed by atoms with Gasteiger partial charge in [-0.25, -0.2) is 0 Å². The molecule has 0 saturated heterocycles. The SMILES string of the molecule is CC.CC.CC.CC.CC(=O)NCCCC(CNC(=O)c1ccccc1)c1ccccc1. The molecule has 4 heteroatoms. The molecule has 0 aliphatic rings. The van der Waals surface area contributed by atoms with Crippen LogP contribution in [0.5, 0.6) is 0 Å². The first-order chi connectivity index (χ1) is 15.7. The van der Waals surface area contributed by atoms with E-state index in [0.29, 0.717) is 18.7 Å². The van der Waals surface area contributed by atoms with Gasteiger partial charge < -0.3 is 10.6 Å². The Labute approximate surface area is 198 Å². The van der Waals surface area contributed by atoms with Crippen LogP contribution in [0.15, 0.2) is 60.7 Å². The second-order valence-electron chi connectivity index (χ2n) is 5.81. The molecule has 0 saturated carbocycles. The summed E-state index contributed by atoms with van der Waals surface area (Å²) >= 11 is 0. The Balaban J connectivity index is -0.000000945. The molecule has 1 atom stereocenters. The molecular weight excluding hydrogens is 396 g/mol. The van der Waals surface area contributed by atoms with E-state index in [0.717, 1.165) is 12.8 Å². The highest BCUT2D eigenvalue weighted by molar-refractivity contribution is 5.94. The van der Waals surface area contributed by atoms with E-state index in [1.807, 2.05) is 104 Å². The molecule has 0 radical (unpaired) electrons. The van der Waals surface area contributed by atoms with Gasteiger partial charge in [0, 0.05) is 31.5 Å². The van der Waals surface area contributed by atoms with Crippen molar-refractivity contribution >= 4 is 11.8 Å². The molecule has 0 aromatic heterocycles. The van der Waals surface area contributed by atoms with Gasteiger partial charge in [0.25, 0.3) is 5.91 Å². The lowest BCUT2D eigenvalue weighted by molar-refractivity contribution is -0.118. The normalized spacial score (nSPS) is 9.41. The maximum Gasteiger partial charge on any atom is 0.251 e. The Morgan fingerprint density at radius 3 is 1.66 bits per heavy atom. The van der Waals surface area contributed by atoms with Crippen LogP contribution in [-0.4, -0.2) is 24.9 Å². The molecule has 182 valence electrons. The third-order valence-corrected chi connectivity index (χ3v) is 3.92. The van der Waals surface area contributed by atoms with Crippen LogP contribution >= 0.6 is 0 Å². The minimum absolute atomic E-state index is 0.0105. The fourth-order valence-electron chi connectivity index (χ4n) is 2.63. The Morgan fingerprint density at radius 2 is 1.19 bits per heavy atom. The zero-order chi connectivity index (χ0) is 25.2. The standard InChI is InChI=1S/C20H24N2O2.4C2H6/c1-16(23)21-14-8-13-19(17-9-4-2-5-10-17)15-22-20(24)18-11-6-3-7-12-18;4*1-2/h2-7,9-12,19H,8,13-15H2,1H3,(H,21,23)(H,22,24);4*1-2H3. The molecular formula is C28H48N2O2. The van der Waals surface area contributed by atoms with Crippen LogP contribution < -0.4 is 10.6 Å².